The van der Waals surface area contributed by atoms with Gasteiger partial charge in [0.05, 0.1) is 18.4 Å². The molecule has 5 nitrogen and oxygen atoms in total. The van der Waals surface area contributed by atoms with Crippen LogP contribution in [0.1, 0.15) is 19.3 Å². The lowest BCUT2D eigenvalue weighted by molar-refractivity contribution is -0.118. The first kappa shape index (κ1) is 12.0. The number of fused-ring (bicyclic) bond motifs is 1. The van der Waals surface area contributed by atoms with Crippen molar-refractivity contribution < 1.29 is 4.79 Å². The maximum Gasteiger partial charge on any atom is 0.243 e. The van der Waals surface area contributed by atoms with Crippen molar-refractivity contribution in [1.82, 2.24) is 15.3 Å². The fraction of sp³-hybridized carbons (Fsp3) is 0.583. The topological polar surface area (TPSA) is 66.9 Å². The molecule has 0 bridgehead atoms. The highest BCUT2D eigenvalue weighted by Gasteiger charge is 2.42. The van der Waals surface area contributed by atoms with Crippen LogP contribution in [0.3, 0.4) is 0 Å². The van der Waals surface area contributed by atoms with Crippen molar-refractivity contribution in [3.05, 3.63) is 17.0 Å². The number of carbonyl (C=O) groups excluding carboxylic acids is 1. The number of anilines is 1. The lowest BCUT2D eigenvalue weighted by atomic mass is 9.94. The summed E-state index contributed by atoms with van der Waals surface area (Å²) in [5.74, 6) is 1.69. The van der Waals surface area contributed by atoms with Crippen LogP contribution in [0.2, 0.25) is 0 Å². The van der Waals surface area contributed by atoms with Gasteiger partial charge in [-0.15, -0.1) is 0 Å². The molecule has 1 aliphatic heterocycles. The number of nitrogens with zero attached hydrogens (tertiary/aromatic N) is 2. The number of carbonyl (C=O) groups is 1. The first-order valence-electron chi connectivity index (χ1n) is 6.26. The number of hydrogen-bond acceptors (Lipinski definition) is 4. The van der Waals surface area contributed by atoms with Gasteiger partial charge in [-0.25, -0.2) is 9.97 Å². The van der Waals surface area contributed by atoms with Gasteiger partial charge in [0.2, 0.25) is 5.91 Å². The van der Waals surface area contributed by atoms with Gasteiger partial charge in [-0.05, 0) is 47.2 Å². The van der Waals surface area contributed by atoms with Crippen LogP contribution in [0.4, 0.5) is 5.82 Å². The number of rotatable bonds is 2. The molecule has 0 aromatic carbocycles. The minimum atomic E-state index is -0.0667. The van der Waals surface area contributed by atoms with Gasteiger partial charge in [0.25, 0.3) is 0 Å². The Balaban J connectivity index is 1.66. The monoisotopic (exact) mass is 310 g/mol. The molecule has 1 saturated heterocycles. The number of hydrogen-bond donors (Lipinski definition) is 2. The Kier molecular flexibility index (Phi) is 3.30. The smallest absolute Gasteiger partial charge is 0.243 e. The molecule has 1 aromatic rings. The Morgan fingerprint density at radius 3 is 3.06 bits per heavy atom. The number of amides is 1. The van der Waals surface area contributed by atoms with E-state index >= 15 is 0 Å². The Labute approximate surface area is 114 Å². The van der Waals surface area contributed by atoms with E-state index in [1.165, 1.54) is 12.8 Å². The van der Waals surface area contributed by atoms with E-state index in [1.807, 2.05) is 0 Å². The maximum absolute atomic E-state index is 12.2. The second-order valence-corrected chi connectivity index (χ2v) is 5.77. The molecule has 1 aliphatic carbocycles. The van der Waals surface area contributed by atoms with Crippen LogP contribution in [-0.4, -0.2) is 28.5 Å². The Morgan fingerprint density at radius 2 is 2.28 bits per heavy atom. The van der Waals surface area contributed by atoms with Crippen molar-refractivity contribution in [3.63, 3.8) is 0 Å². The average molecular weight is 311 g/mol. The zero-order valence-electron chi connectivity index (χ0n) is 9.90. The Bertz CT molecular complexity index is 450. The molecule has 2 aliphatic rings. The normalized spacial score (nSPS) is 30.2. The summed E-state index contributed by atoms with van der Waals surface area (Å²) < 4.78 is 0.662. The molecule has 3 rings (SSSR count). The van der Waals surface area contributed by atoms with Crippen LogP contribution in [0.15, 0.2) is 17.0 Å². The second kappa shape index (κ2) is 4.93. The molecule has 1 aromatic heterocycles. The predicted molar refractivity (Wildman–Crippen MR) is 71.0 cm³/mol. The third-order valence-electron chi connectivity index (χ3n) is 3.90. The second-order valence-electron chi connectivity index (χ2n) is 4.95. The van der Waals surface area contributed by atoms with Crippen LogP contribution in [-0.2, 0) is 4.79 Å². The number of aromatic nitrogens is 2. The van der Waals surface area contributed by atoms with Gasteiger partial charge in [0, 0.05) is 0 Å². The summed E-state index contributed by atoms with van der Waals surface area (Å²) >= 11 is 3.22. The summed E-state index contributed by atoms with van der Waals surface area (Å²) in [4.78, 5) is 20.3. The molecule has 2 fully saturated rings. The fourth-order valence-corrected chi connectivity index (χ4v) is 3.26. The van der Waals surface area contributed by atoms with Gasteiger partial charge in [0.1, 0.15) is 4.60 Å². The van der Waals surface area contributed by atoms with Gasteiger partial charge in [-0.1, -0.05) is 6.42 Å². The number of halogens is 1. The zero-order valence-corrected chi connectivity index (χ0v) is 11.5. The van der Waals surface area contributed by atoms with Crippen LogP contribution < -0.4 is 10.6 Å². The molecular formula is C12H15BrN4O. The van der Waals surface area contributed by atoms with E-state index in [9.17, 15) is 4.79 Å². The molecule has 0 radical (unpaired) electrons. The molecule has 3 atom stereocenters. The SMILES string of the molecule is O=C(Nc1cnc(Br)cn1)C1NCC2CCCC21. The zero-order chi connectivity index (χ0) is 12.5. The largest absolute Gasteiger partial charge is 0.308 e. The number of nitrogens with one attached hydrogen (secondary N) is 2. The van der Waals surface area contributed by atoms with Crippen molar-refractivity contribution in [2.75, 3.05) is 11.9 Å². The molecule has 0 spiro atoms. The summed E-state index contributed by atoms with van der Waals surface area (Å²) in [6, 6.07) is -0.0667. The molecule has 2 N–H and O–H groups in total. The summed E-state index contributed by atoms with van der Waals surface area (Å²) in [5, 5.41) is 6.15. The minimum absolute atomic E-state index is 0.0148. The van der Waals surface area contributed by atoms with Crippen molar-refractivity contribution in [2.24, 2.45) is 11.8 Å². The molecule has 3 unspecified atom stereocenters. The Morgan fingerprint density at radius 1 is 1.39 bits per heavy atom. The summed E-state index contributed by atoms with van der Waals surface area (Å²) in [6.07, 6.45) is 6.79. The van der Waals surface area contributed by atoms with E-state index in [1.54, 1.807) is 12.4 Å². The first-order chi connectivity index (χ1) is 8.74. The van der Waals surface area contributed by atoms with E-state index in [0.29, 0.717) is 22.3 Å². The molecule has 6 heteroatoms. The molecule has 2 heterocycles. The lowest BCUT2D eigenvalue weighted by Crippen LogP contribution is -2.39. The van der Waals surface area contributed by atoms with Crippen molar-refractivity contribution in [2.45, 2.75) is 25.3 Å². The first-order valence-corrected chi connectivity index (χ1v) is 7.05. The summed E-state index contributed by atoms with van der Waals surface area (Å²) in [6.45, 7) is 0.967. The van der Waals surface area contributed by atoms with E-state index in [-0.39, 0.29) is 11.9 Å². The van der Waals surface area contributed by atoms with Crippen molar-refractivity contribution in [1.29, 1.82) is 0 Å². The molecule has 1 saturated carbocycles. The van der Waals surface area contributed by atoms with Gasteiger partial charge in [-0.3, -0.25) is 4.79 Å². The highest BCUT2D eigenvalue weighted by atomic mass is 79.9. The average Bonchev–Trinajstić information content (AvgIpc) is 2.93. The molecule has 1 amide bonds. The van der Waals surface area contributed by atoms with Gasteiger partial charge in [-0.2, -0.15) is 0 Å². The standard InChI is InChI=1S/C12H15BrN4O/c13-9-5-15-10(6-14-9)17-12(18)11-8-3-1-2-7(8)4-16-11/h5-8,11,16H,1-4H2,(H,15,17,18). The Hall–Kier alpha value is -1.01. The van der Waals surface area contributed by atoms with Crippen LogP contribution in [0.5, 0.6) is 0 Å². The lowest BCUT2D eigenvalue weighted by Gasteiger charge is -2.17. The quantitative estimate of drug-likeness (QED) is 0.870. The van der Waals surface area contributed by atoms with Crippen molar-refractivity contribution in [3.8, 4) is 0 Å². The summed E-state index contributed by atoms with van der Waals surface area (Å²) in [7, 11) is 0. The minimum Gasteiger partial charge on any atom is -0.308 e. The molecule has 18 heavy (non-hydrogen) atoms. The molecular weight excluding hydrogens is 296 g/mol. The predicted octanol–water partition coefficient (Wildman–Crippen LogP) is 1.57. The van der Waals surface area contributed by atoms with E-state index < -0.39 is 0 Å². The van der Waals surface area contributed by atoms with Crippen LogP contribution >= 0.6 is 15.9 Å². The van der Waals surface area contributed by atoms with Crippen LogP contribution in [0.25, 0.3) is 0 Å². The van der Waals surface area contributed by atoms with Gasteiger partial charge >= 0.3 is 0 Å². The fourth-order valence-electron chi connectivity index (χ4n) is 3.06. The third-order valence-corrected chi connectivity index (χ3v) is 4.31. The summed E-state index contributed by atoms with van der Waals surface area (Å²) in [5.41, 5.74) is 0. The van der Waals surface area contributed by atoms with Crippen LogP contribution in [0, 0.1) is 11.8 Å². The van der Waals surface area contributed by atoms with E-state index in [2.05, 4.69) is 36.5 Å². The van der Waals surface area contributed by atoms with E-state index in [4.69, 9.17) is 0 Å². The molecule has 96 valence electrons. The van der Waals surface area contributed by atoms with Gasteiger partial charge in [0.15, 0.2) is 5.82 Å². The van der Waals surface area contributed by atoms with Gasteiger partial charge < -0.3 is 10.6 Å². The van der Waals surface area contributed by atoms with E-state index in [0.717, 1.165) is 13.0 Å². The maximum atomic E-state index is 12.2. The highest BCUT2D eigenvalue weighted by molar-refractivity contribution is 9.10. The highest BCUT2D eigenvalue weighted by Crippen LogP contribution is 2.37. The third kappa shape index (κ3) is 2.27. The van der Waals surface area contributed by atoms with Crippen molar-refractivity contribution >= 4 is 27.7 Å².